The van der Waals surface area contributed by atoms with Crippen LogP contribution in [0, 0.1) is 5.92 Å². The van der Waals surface area contributed by atoms with Gasteiger partial charge in [0, 0.05) is 18.3 Å². The van der Waals surface area contributed by atoms with Gasteiger partial charge in [-0.2, -0.15) is 0 Å². The van der Waals surface area contributed by atoms with Crippen LogP contribution in [0.5, 0.6) is 6.01 Å². The third-order valence-electron chi connectivity index (χ3n) is 4.91. The molecule has 1 aliphatic heterocycles. The fraction of sp³-hybridized carbons (Fsp3) is 0.625. The highest BCUT2D eigenvalue weighted by atomic mass is 79.9. The topological polar surface area (TPSA) is 53.5 Å². The van der Waals surface area contributed by atoms with E-state index in [0.29, 0.717) is 25.5 Å². The van der Waals surface area contributed by atoms with Crippen LogP contribution in [0.3, 0.4) is 0 Å². The average molecular weight is 399 g/mol. The molecule has 0 unspecified atom stereocenters. The number of hydrogen-bond donors (Lipinski definition) is 0. The second kappa shape index (κ2) is 6.39. The van der Waals surface area contributed by atoms with Crippen LogP contribution in [0.15, 0.2) is 28.2 Å². The molecule has 0 amide bonds. The molecule has 1 saturated heterocycles. The van der Waals surface area contributed by atoms with E-state index in [0.717, 1.165) is 10.0 Å². The zero-order valence-corrected chi connectivity index (χ0v) is 15.9. The smallest absolute Gasteiger partial charge is 0.463 e. The summed E-state index contributed by atoms with van der Waals surface area (Å²) in [5, 5.41) is 0. The maximum absolute atomic E-state index is 14.6. The van der Waals surface area contributed by atoms with Crippen molar-refractivity contribution in [2.75, 3.05) is 6.61 Å². The molecule has 1 aromatic rings. The molecule has 0 bridgehead atoms. The molecule has 0 atom stereocenters. The predicted molar refractivity (Wildman–Crippen MR) is 92.2 cm³/mol. The number of nitrogens with zero attached hydrogens (tertiary/aromatic N) is 2. The molecule has 1 saturated carbocycles. The maximum atomic E-state index is 14.6. The number of allylic oxidation sites excluding steroid dienone is 1. The average Bonchev–Trinajstić information content (AvgIpc) is 2.67. The third-order valence-corrected chi connectivity index (χ3v) is 5.32. The van der Waals surface area contributed by atoms with Gasteiger partial charge in [-0.05, 0) is 62.0 Å². The van der Waals surface area contributed by atoms with Crippen LogP contribution < -0.4 is 4.74 Å². The van der Waals surface area contributed by atoms with Gasteiger partial charge in [-0.3, -0.25) is 0 Å². The van der Waals surface area contributed by atoms with E-state index >= 15 is 0 Å². The monoisotopic (exact) mass is 398 g/mol. The summed E-state index contributed by atoms with van der Waals surface area (Å²) in [6, 6.07) is 0.335. The molecule has 1 aromatic heterocycles. The van der Waals surface area contributed by atoms with Crippen molar-refractivity contribution in [1.29, 1.82) is 0 Å². The van der Waals surface area contributed by atoms with Gasteiger partial charge in [-0.1, -0.05) is 0 Å². The first-order valence-corrected chi connectivity index (χ1v) is 8.80. The van der Waals surface area contributed by atoms with Gasteiger partial charge in [0.2, 0.25) is 0 Å². The Kier molecular flexibility index (Phi) is 4.74. The van der Waals surface area contributed by atoms with Crippen LogP contribution in [0.25, 0.3) is 0 Å². The van der Waals surface area contributed by atoms with E-state index < -0.39 is 18.3 Å². The number of aromatic nitrogens is 2. The van der Waals surface area contributed by atoms with E-state index in [9.17, 15) is 4.39 Å². The summed E-state index contributed by atoms with van der Waals surface area (Å²) in [6.45, 7) is 8.14. The van der Waals surface area contributed by atoms with Gasteiger partial charge in [-0.15, -0.1) is 0 Å². The minimum Gasteiger partial charge on any atom is -0.463 e. The van der Waals surface area contributed by atoms with Crippen molar-refractivity contribution in [3.05, 3.63) is 28.2 Å². The first kappa shape index (κ1) is 17.8. The Hall–Kier alpha value is -0.985. The van der Waals surface area contributed by atoms with E-state index in [1.54, 1.807) is 12.4 Å². The normalized spacial score (nSPS) is 24.7. The van der Waals surface area contributed by atoms with Gasteiger partial charge < -0.3 is 14.0 Å². The van der Waals surface area contributed by atoms with Crippen molar-refractivity contribution in [3.8, 4) is 6.01 Å². The fourth-order valence-corrected chi connectivity index (χ4v) is 2.84. The van der Waals surface area contributed by atoms with Crippen molar-refractivity contribution in [3.63, 3.8) is 0 Å². The summed E-state index contributed by atoms with van der Waals surface area (Å²) in [6.07, 6.45) is 4.55. The summed E-state index contributed by atoms with van der Waals surface area (Å²) in [7, 11) is -0.901. The SMILES string of the molecule is CC1(C)OB(C(F)=C2CC(COc3ncc(Br)cn3)C2)OC1(C)C. The highest BCUT2D eigenvalue weighted by molar-refractivity contribution is 9.10. The highest BCUT2D eigenvalue weighted by Crippen LogP contribution is 2.43. The van der Waals surface area contributed by atoms with Crippen molar-refractivity contribution in [2.24, 2.45) is 5.92 Å². The molecule has 24 heavy (non-hydrogen) atoms. The molecule has 8 heteroatoms. The largest absolute Gasteiger partial charge is 0.525 e. The van der Waals surface area contributed by atoms with Crippen LogP contribution in [0.2, 0.25) is 0 Å². The molecule has 2 heterocycles. The van der Waals surface area contributed by atoms with Crippen molar-refractivity contribution >= 4 is 23.0 Å². The minimum absolute atomic E-state index is 0.264. The second-order valence-electron chi connectivity index (χ2n) is 7.31. The quantitative estimate of drug-likeness (QED) is 0.720. The number of ether oxygens (including phenoxy) is 1. The summed E-state index contributed by atoms with van der Waals surface area (Å²) in [5.74, 6) is 0.264. The Morgan fingerprint density at radius 2 is 1.79 bits per heavy atom. The first-order valence-electron chi connectivity index (χ1n) is 8.01. The van der Waals surface area contributed by atoms with Crippen LogP contribution in [-0.2, 0) is 9.31 Å². The van der Waals surface area contributed by atoms with Crippen molar-refractivity contribution in [2.45, 2.75) is 51.7 Å². The van der Waals surface area contributed by atoms with E-state index in [4.69, 9.17) is 14.0 Å². The van der Waals surface area contributed by atoms with Crippen molar-refractivity contribution < 1.29 is 18.4 Å². The van der Waals surface area contributed by atoms with E-state index in [-0.39, 0.29) is 11.6 Å². The summed E-state index contributed by atoms with van der Waals surface area (Å²) >= 11 is 3.27. The molecular formula is C16H21BBrFN2O3. The summed E-state index contributed by atoms with van der Waals surface area (Å²) in [5.41, 5.74) is -0.592. The molecule has 0 aromatic carbocycles. The van der Waals surface area contributed by atoms with Gasteiger partial charge >= 0.3 is 13.1 Å². The summed E-state index contributed by atoms with van der Waals surface area (Å²) in [4.78, 5) is 8.10. The van der Waals surface area contributed by atoms with Crippen LogP contribution in [0.1, 0.15) is 40.5 Å². The molecule has 5 nitrogen and oxygen atoms in total. The van der Waals surface area contributed by atoms with Crippen LogP contribution in [0.4, 0.5) is 4.39 Å². The van der Waals surface area contributed by atoms with Gasteiger partial charge in [0.1, 0.15) is 5.73 Å². The molecular weight excluding hydrogens is 378 g/mol. The Morgan fingerprint density at radius 1 is 1.25 bits per heavy atom. The van der Waals surface area contributed by atoms with E-state index in [1.165, 1.54) is 0 Å². The molecule has 130 valence electrons. The predicted octanol–water partition coefficient (Wildman–Crippen LogP) is 3.88. The standard InChI is InChI=1S/C16H21BBrFN2O3/c1-15(2)16(3,4)24-17(23-15)13(19)11-5-10(6-11)9-22-14-20-7-12(18)8-21-14/h7-8,10H,5-6,9H2,1-4H3. The van der Waals surface area contributed by atoms with E-state index in [2.05, 4.69) is 25.9 Å². The molecule has 3 rings (SSSR count). The molecule has 2 fully saturated rings. The zero-order valence-electron chi connectivity index (χ0n) is 14.3. The lowest BCUT2D eigenvalue weighted by Gasteiger charge is -2.32. The lowest BCUT2D eigenvalue weighted by atomic mass is 9.73. The molecule has 2 aliphatic rings. The Morgan fingerprint density at radius 3 is 2.33 bits per heavy atom. The fourth-order valence-electron chi connectivity index (χ4n) is 2.63. The molecule has 0 N–H and O–H groups in total. The lowest BCUT2D eigenvalue weighted by molar-refractivity contribution is 0.00578. The maximum Gasteiger partial charge on any atom is 0.525 e. The Balaban J connectivity index is 1.52. The minimum atomic E-state index is -0.901. The molecule has 0 spiro atoms. The van der Waals surface area contributed by atoms with Gasteiger partial charge in [0.05, 0.1) is 22.3 Å². The highest BCUT2D eigenvalue weighted by Gasteiger charge is 2.54. The van der Waals surface area contributed by atoms with Crippen LogP contribution in [-0.4, -0.2) is 34.9 Å². The lowest BCUT2D eigenvalue weighted by Crippen LogP contribution is -2.41. The van der Waals surface area contributed by atoms with Crippen molar-refractivity contribution in [1.82, 2.24) is 9.97 Å². The Labute approximate surface area is 150 Å². The Bertz CT molecular complexity index is 627. The summed E-state index contributed by atoms with van der Waals surface area (Å²) < 4.78 is 32.4. The second-order valence-corrected chi connectivity index (χ2v) is 8.22. The number of hydrogen-bond acceptors (Lipinski definition) is 5. The third kappa shape index (κ3) is 3.50. The first-order chi connectivity index (χ1) is 11.2. The molecule has 1 aliphatic carbocycles. The van der Waals surface area contributed by atoms with Gasteiger partial charge in [0.25, 0.3) is 0 Å². The van der Waals surface area contributed by atoms with Crippen LogP contribution >= 0.6 is 15.9 Å². The van der Waals surface area contributed by atoms with E-state index in [1.807, 2.05) is 27.7 Å². The van der Waals surface area contributed by atoms with Gasteiger partial charge in [0.15, 0.2) is 0 Å². The number of halogens is 2. The molecule has 0 radical (unpaired) electrons. The van der Waals surface area contributed by atoms with Gasteiger partial charge in [-0.25, -0.2) is 14.4 Å². The zero-order chi connectivity index (χ0) is 17.5. The number of rotatable bonds is 4.